The number of amides is 3. The molecule has 9 heteroatoms. The predicted molar refractivity (Wildman–Crippen MR) is 106 cm³/mol. The fourth-order valence-electron chi connectivity index (χ4n) is 1.94. The number of hydrogen-bond acceptors (Lipinski definition) is 6. The molecule has 0 saturated carbocycles. The lowest BCUT2D eigenvalue weighted by atomic mass is 10.2. The summed E-state index contributed by atoms with van der Waals surface area (Å²) in [4.78, 5) is 34.4. The number of carbonyl (C=O) groups is 3. The monoisotopic (exact) mass is 412 g/mol. The van der Waals surface area contributed by atoms with Crippen molar-refractivity contribution < 1.29 is 28.6 Å². The summed E-state index contributed by atoms with van der Waals surface area (Å²) in [5.74, 6) is -0.298. The van der Waals surface area contributed by atoms with E-state index in [1.807, 2.05) is 19.2 Å². The van der Waals surface area contributed by atoms with E-state index >= 15 is 0 Å². The van der Waals surface area contributed by atoms with Gasteiger partial charge in [0.25, 0.3) is 5.91 Å². The van der Waals surface area contributed by atoms with E-state index in [1.165, 1.54) is 13.2 Å². The number of rotatable bonds is 9. The van der Waals surface area contributed by atoms with Crippen LogP contribution in [0.5, 0.6) is 11.5 Å². The van der Waals surface area contributed by atoms with Gasteiger partial charge in [-0.05, 0) is 36.6 Å². The van der Waals surface area contributed by atoms with Gasteiger partial charge < -0.3 is 19.5 Å². The molecular weight excluding hydrogens is 388 g/mol. The molecule has 0 unspecified atom stereocenters. The van der Waals surface area contributed by atoms with Gasteiger partial charge in [-0.2, -0.15) is 0 Å². The van der Waals surface area contributed by atoms with E-state index < -0.39 is 24.5 Å². The molecule has 154 valence electrons. The van der Waals surface area contributed by atoms with Crippen LogP contribution in [-0.4, -0.2) is 44.8 Å². The molecular formula is C19H25ClN2O6. The van der Waals surface area contributed by atoms with Crippen LogP contribution in [0, 0.1) is 5.92 Å². The normalized spacial score (nSPS) is 10.6. The topological polar surface area (TPSA) is 103 Å². The van der Waals surface area contributed by atoms with Crippen LogP contribution in [0.1, 0.15) is 26.3 Å². The molecule has 3 amide bonds. The zero-order chi connectivity index (χ0) is 21.1. The van der Waals surface area contributed by atoms with Gasteiger partial charge in [0.1, 0.15) is 0 Å². The third-order valence-corrected chi connectivity index (χ3v) is 3.44. The third kappa shape index (κ3) is 8.30. The Morgan fingerprint density at radius 2 is 1.96 bits per heavy atom. The van der Waals surface area contributed by atoms with Gasteiger partial charge in [-0.3, -0.25) is 10.1 Å². The lowest BCUT2D eigenvalue weighted by molar-refractivity contribution is -0.143. The number of nitrogens with one attached hydrogen (secondary N) is 2. The van der Waals surface area contributed by atoms with Crippen LogP contribution in [0.15, 0.2) is 18.2 Å². The van der Waals surface area contributed by atoms with Crippen molar-refractivity contribution in [3.05, 3.63) is 28.8 Å². The Bertz CT molecular complexity index is 733. The summed E-state index contributed by atoms with van der Waals surface area (Å²) >= 11 is 6.24. The summed E-state index contributed by atoms with van der Waals surface area (Å²) < 4.78 is 15.7. The zero-order valence-electron chi connectivity index (χ0n) is 16.3. The van der Waals surface area contributed by atoms with Crippen molar-refractivity contribution in [1.29, 1.82) is 0 Å². The van der Waals surface area contributed by atoms with E-state index in [4.69, 9.17) is 25.8 Å². The minimum Gasteiger partial charge on any atom is -0.493 e. The SMILES string of the molecule is CCNC(=O)NC(=O)COC(=O)/C=C/c1cc(Cl)c(OCC(C)C)c(OC)c1. The van der Waals surface area contributed by atoms with Crippen molar-refractivity contribution in [2.24, 2.45) is 5.92 Å². The van der Waals surface area contributed by atoms with Gasteiger partial charge in [-0.15, -0.1) is 0 Å². The summed E-state index contributed by atoms with van der Waals surface area (Å²) in [6.07, 6.45) is 2.60. The average molecular weight is 413 g/mol. The zero-order valence-corrected chi connectivity index (χ0v) is 17.1. The second-order valence-corrected chi connectivity index (χ2v) is 6.49. The smallest absolute Gasteiger partial charge is 0.331 e. The highest BCUT2D eigenvalue weighted by Crippen LogP contribution is 2.37. The van der Waals surface area contributed by atoms with Gasteiger partial charge >= 0.3 is 12.0 Å². The Labute approximate surface area is 169 Å². The fourth-order valence-corrected chi connectivity index (χ4v) is 2.22. The molecule has 1 aromatic rings. The molecule has 0 heterocycles. The van der Waals surface area contributed by atoms with E-state index in [1.54, 1.807) is 19.1 Å². The summed E-state index contributed by atoms with van der Waals surface area (Å²) in [5.41, 5.74) is 0.586. The summed E-state index contributed by atoms with van der Waals surface area (Å²) in [5, 5.41) is 4.75. The summed E-state index contributed by atoms with van der Waals surface area (Å²) in [6.45, 7) is 6.01. The minimum absolute atomic E-state index is 0.320. The first-order valence-electron chi connectivity index (χ1n) is 8.69. The molecule has 0 atom stereocenters. The predicted octanol–water partition coefficient (Wildman–Crippen LogP) is 2.79. The Hall–Kier alpha value is -2.74. The van der Waals surface area contributed by atoms with Crippen LogP contribution in [-0.2, 0) is 14.3 Å². The molecule has 2 N–H and O–H groups in total. The molecule has 0 aromatic heterocycles. The molecule has 0 saturated heterocycles. The molecule has 1 aromatic carbocycles. The van der Waals surface area contributed by atoms with Crippen LogP contribution in [0.2, 0.25) is 5.02 Å². The second-order valence-electron chi connectivity index (χ2n) is 6.09. The number of carbonyl (C=O) groups excluding carboxylic acids is 3. The number of hydrogen-bond donors (Lipinski definition) is 2. The maximum Gasteiger partial charge on any atom is 0.331 e. The summed E-state index contributed by atoms with van der Waals surface area (Å²) in [7, 11) is 1.49. The Morgan fingerprint density at radius 3 is 2.57 bits per heavy atom. The van der Waals surface area contributed by atoms with E-state index in [0.29, 0.717) is 41.2 Å². The van der Waals surface area contributed by atoms with Gasteiger partial charge in [0.2, 0.25) is 0 Å². The van der Waals surface area contributed by atoms with Crippen LogP contribution in [0.25, 0.3) is 6.08 Å². The highest BCUT2D eigenvalue weighted by atomic mass is 35.5. The van der Waals surface area contributed by atoms with Crippen LogP contribution >= 0.6 is 11.6 Å². The van der Waals surface area contributed by atoms with Crippen molar-refractivity contribution in [1.82, 2.24) is 10.6 Å². The third-order valence-electron chi connectivity index (χ3n) is 3.16. The van der Waals surface area contributed by atoms with Gasteiger partial charge in [0, 0.05) is 12.6 Å². The maximum absolute atomic E-state index is 11.7. The number of imide groups is 1. The van der Waals surface area contributed by atoms with Crippen LogP contribution < -0.4 is 20.1 Å². The lowest BCUT2D eigenvalue weighted by Gasteiger charge is -2.14. The first kappa shape index (κ1) is 23.3. The van der Waals surface area contributed by atoms with Gasteiger partial charge in [-0.1, -0.05) is 25.4 Å². The van der Waals surface area contributed by atoms with E-state index in [-0.39, 0.29) is 0 Å². The number of methoxy groups -OCH3 is 1. The number of urea groups is 1. The lowest BCUT2D eigenvalue weighted by Crippen LogP contribution is -2.41. The minimum atomic E-state index is -0.749. The van der Waals surface area contributed by atoms with Gasteiger partial charge in [0.15, 0.2) is 18.1 Å². The Kier molecular flexibility index (Phi) is 9.87. The molecule has 0 spiro atoms. The van der Waals surface area contributed by atoms with Gasteiger partial charge in [0.05, 0.1) is 18.7 Å². The Balaban J connectivity index is 2.67. The molecule has 28 heavy (non-hydrogen) atoms. The first-order valence-corrected chi connectivity index (χ1v) is 9.07. The second kappa shape index (κ2) is 11.9. The maximum atomic E-state index is 11.7. The molecule has 0 aliphatic heterocycles. The number of benzene rings is 1. The van der Waals surface area contributed by atoms with E-state index in [0.717, 1.165) is 6.08 Å². The number of halogens is 1. The van der Waals surface area contributed by atoms with Crippen LogP contribution in [0.3, 0.4) is 0 Å². The summed E-state index contributed by atoms with van der Waals surface area (Å²) in [6, 6.07) is 2.62. The molecule has 0 aliphatic carbocycles. The molecule has 8 nitrogen and oxygen atoms in total. The molecule has 0 radical (unpaired) electrons. The largest absolute Gasteiger partial charge is 0.493 e. The van der Waals surface area contributed by atoms with Crippen molar-refractivity contribution in [3.8, 4) is 11.5 Å². The Morgan fingerprint density at radius 1 is 1.25 bits per heavy atom. The molecule has 1 rings (SSSR count). The fraction of sp³-hybridized carbons (Fsp3) is 0.421. The molecule has 0 bridgehead atoms. The van der Waals surface area contributed by atoms with Gasteiger partial charge in [-0.25, -0.2) is 9.59 Å². The van der Waals surface area contributed by atoms with Crippen LogP contribution in [0.4, 0.5) is 4.79 Å². The molecule has 0 aliphatic rings. The quantitative estimate of drug-likeness (QED) is 0.477. The average Bonchev–Trinajstić information content (AvgIpc) is 2.63. The number of ether oxygens (including phenoxy) is 3. The number of esters is 1. The highest BCUT2D eigenvalue weighted by molar-refractivity contribution is 6.32. The van der Waals surface area contributed by atoms with Crippen molar-refractivity contribution >= 4 is 35.6 Å². The van der Waals surface area contributed by atoms with E-state index in [9.17, 15) is 14.4 Å². The molecule has 0 fully saturated rings. The highest BCUT2D eigenvalue weighted by Gasteiger charge is 2.13. The van der Waals surface area contributed by atoms with Crippen molar-refractivity contribution in [3.63, 3.8) is 0 Å². The first-order chi connectivity index (χ1) is 13.3. The standard InChI is InChI=1S/C19H25ClN2O6/c1-5-21-19(25)22-16(23)11-27-17(24)7-6-13-8-14(20)18(15(9-13)26-4)28-10-12(2)3/h6-9,12H,5,10-11H2,1-4H3,(H2,21,22,23,25)/b7-6+. The van der Waals surface area contributed by atoms with E-state index in [2.05, 4.69) is 5.32 Å². The van der Waals surface area contributed by atoms with Crippen molar-refractivity contribution in [2.75, 3.05) is 26.9 Å². The van der Waals surface area contributed by atoms with Crippen molar-refractivity contribution in [2.45, 2.75) is 20.8 Å².